The molecular formula is C22H20O3S. The largest absolute Gasteiger partial charge is 0.481 e. The van der Waals surface area contributed by atoms with Crippen LogP contribution < -0.4 is 0 Å². The molecule has 3 rings (SSSR count). The van der Waals surface area contributed by atoms with Crippen molar-refractivity contribution in [2.75, 3.05) is 5.75 Å². The zero-order chi connectivity index (χ0) is 18.4. The molecule has 0 radical (unpaired) electrons. The van der Waals surface area contributed by atoms with Crippen LogP contribution in [0, 0.1) is 0 Å². The molecule has 4 heteroatoms. The molecule has 0 saturated heterocycles. The van der Waals surface area contributed by atoms with Crippen molar-refractivity contribution in [3.63, 3.8) is 0 Å². The number of benzene rings is 3. The van der Waals surface area contributed by atoms with Gasteiger partial charge in [0.2, 0.25) is 0 Å². The average molecular weight is 364 g/mol. The molecular weight excluding hydrogens is 344 g/mol. The van der Waals surface area contributed by atoms with Crippen molar-refractivity contribution in [2.24, 2.45) is 0 Å². The van der Waals surface area contributed by atoms with Gasteiger partial charge in [-0.1, -0.05) is 91.0 Å². The zero-order valence-electron chi connectivity index (χ0n) is 14.2. The molecule has 3 aromatic carbocycles. The number of carboxylic acids is 1. The summed E-state index contributed by atoms with van der Waals surface area (Å²) in [6, 6.07) is 29.0. The summed E-state index contributed by atoms with van der Waals surface area (Å²) in [5, 5.41) is 9.11. The fourth-order valence-corrected chi connectivity index (χ4v) is 5.11. The summed E-state index contributed by atoms with van der Waals surface area (Å²) in [4.78, 5) is 11.1. The van der Waals surface area contributed by atoms with Crippen molar-refractivity contribution in [3.8, 4) is 0 Å². The summed E-state index contributed by atoms with van der Waals surface area (Å²) in [5.74, 6) is -0.866. The number of carbonyl (C=O) groups is 1. The molecule has 0 heterocycles. The Balaban J connectivity index is 2.28. The molecule has 132 valence electrons. The average Bonchev–Trinajstić information content (AvgIpc) is 2.69. The molecule has 3 aromatic rings. The van der Waals surface area contributed by atoms with Crippen LogP contribution in [-0.4, -0.2) is 21.0 Å². The number of carboxylic acid groups (broad SMARTS) is 1. The Kier molecular flexibility index (Phi) is 5.64. The van der Waals surface area contributed by atoms with Gasteiger partial charge in [-0.25, -0.2) is 0 Å². The molecule has 0 amide bonds. The van der Waals surface area contributed by atoms with Crippen LogP contribution in [0.25, 0.3) is 0 Å². The molecule has 0 aliphatic heterocycles. The van der Waals surface area contributed by atoms with Gasteiger partial charge < -0.3 is 5.11 Å². The van der Waals surface area contributed by atoms with Gasteiger partial charge in [-0.05, 0) is 16.7 Å². The lowest BCUT2D eigenvalue weighted by molar-refractivity contribution is -0.136. The van der Waals surface area contributed by atoms with Gasteiger partial charge in [-0.15, -0.1) is 0 Å². The van der Waals surface area contributed by atoms with Crippen LogP contribution in [0.3, 0.4) is 0 Å². The van der Waals surface area contributed by atoms with Gasteiger partial charge in [0.1, 0.15) is 4.75 Å². The van der Waals surface area contributed by atoms with Crippen molar-refractivity contribution in [2.45, 2.75) is 11.2 Å². The summed E-state index contributed by atoms with van der Waals surface area (Å²) < 4.78 is 12.7. The molecule has 0 spiro atoms. The maximum atomic E-state index is 13.6. The monoisotopic (exact) mass is 364 g/mol. The van der Waals surface area contributed by atoms with Crippen molar-refractivity contribution in [1.82, 2.24) is 0 Å². The second-order valence-electron chi connectivity index (χ2n) is 5.97. The minimum absolute atomic E-state index is 0.0774. The van der Waals surface area contributed by atoms with E-state index in [-0.39, 0.29) is 12.2 Å². The summed E-state index contributed by atoms with van der Waals surface area (Å²) in [6.07, 6.45) is -0.138. The van der Waals surface area contributed by atoms with Crippen LogP contribution in [0.5, 0.6) is 0 Å². The third-order valence-electron chi connectivity index (χ3n) is 4.38. The van der Waals surface area contributed by atoms with Crippen molar-refractivity contribution in [3.05, 3.63) is 108 Å². The summed E-state index contributed by atoms with van der Waals surface area (Å²) in [5.41, 5.74) is 2.67. The molecule has 1 unspecified atom stereocenters. The number of hydrogen-bond donors (Lipinski definition) is 1. The standard InChI is InChI=1S/C22H20O3S/c23-21(24)16-17-26(25)22(18-10-4-1-5-11-18,19-12-6-2-7-13-19)20-14-8-3-9-15-20/h1-15H,16-17H2,(H,23,24). The SMILES string of the molecule is O=C(O)CCS(=O)C(c1ccccc1)(c1ccccc1)c1ccccc1. The third kappa shape index (κ3) is 3.46. The van der Waals surface area contributed by atoms with E-state index in [0.29, 0.717) is 0 Å². The molecule has 1 N–H and O–H groups in total. The van der Waals surface area contributed by atoms with Gasteiger partial charge >= 0.3 is 5.97 Å². The van der Waals surface area contributed by atoms with E-state index in [1.54, 1.807) is 0 Å². The summed E-state index contributed by atoms with van der Waals surface area (Å²) in [6.45, 7) is 0. The Morgan fingerprint density at radius 1 is 0.731 bits per heavy atom. The molecule has 1 atom stereocenters. The zero-order valence-corrected chi connectivity index (χ0v) is 15.1. The molecule has 3 nitrogen and oxygen atoms in total. The minimum Gasteiger partial charge on any atom is -0.481 e. The first-order valence-corrected chi connectivity index (χ1v) is 9.74. The highest BCUT2D eigenvalue weighted by Crippen LogP contribution is 2.42. The van der Waals surface area contributed by atoms with E-state index in [1.807, 2.05) is 91.0 Å². The van der Waals surface area contributed by atoms with E-state index in [2.05, 4.69) is 0 Å². The van der Waals surface area contributed by atoms with E-state index >= 15 is 0 Å². The Morgan fingerprint density at radius 3 is 1.38 bits per heavy atom. The minimum atomic E-state index is -1.47. The maximum absolute atomic E-state index is 13.6. The molecule has 0 aromatic heterocycles. The Labute approximate surface area is 155 Å². The van der Waals surface area contributed by atoms with Crippen LogP contribution >= 0.6 is 0 Å². The van der Waals surface area contributed by atoms with Gasteiger partial charge in [0, 0.05) is 16.6 Å². The normalized spacial score (nSPS) is 12.5. The molecule has 0 aliphatic rings. The van der Waals surface area contributed by atoms with Crippen molar-refractivity contribution >= 4 is 16.8 Å². The van der Waals surface area contributed by atoms with Crippen molar-refractivity contribution < 1.29 is 14.1 Å². The Morgan fingerprint density at radius 2 is 1.08 bits per heavy atom. The first kappa shape index (κ1) is 18.1. The molecule has 0 saturated carbocycles. The van der Waals surface area contributed by atoms with Crippen molar-refractivity contribution in [1.29, 1.82) is 0 Å². The van der Waals surface area contributed by atoms with E-state index in [0.717, 1.165) is 16.7 Å². The van der Waals surface area contributed by atoms with Crippen LogP contribution in [0.2, 0.25) is 0 Å². The molecule has 0 bridgehead atoms. The van der Waals surface area contributed by atoms with E-state index in [1.165, 1.54) is 0 Å². The predicted octanol–water partition coefficient (Wildman–Crippen LogP) is 4.20. The lowest BCUT2D eigenvalue weighted by Gasteiger charge is -2.35. The summed E-state index contributed by atoms with van der Waals surface area (Å²) >= 11 is 0. The second kappa shape index (κ2) is 8.11. The highest BCUT2D eigenvalue weighted by Gasteiger charge is 2.42. The third-order valence-corrected chi connectivity index (χ3v) is 6.35. The Hall–Kier alpha value is -2.72. The van der Waals surface area contributed by atoms with Gasteiger partial charge in [-0.2, -0.15) is 0 Å². The molecule has 0 aliphatic carbocycles. The molecule has 26 heavy (non-hydrogen) atoms. The topological polar surface area (TPSA) is 54.4 Å². The quantitative estimate of drug-likeness (QED) is 0.639. The highest BCUT2D eigenvalue weighted by atomic mass is 32.2. The van der Waals surface area contributed by atoms with Gasteiger partial charge in [0.15, 0.2) is 0 Å². The van der Waals surface area contributed by atoms with Gasteiger partial charge in [-0.3, -0.25) is 9.00 Å². The first-order valence-electron chi connectivity index (χ1n) is 8.42. The fraction of sp³-hybridized carbons (Fsp3) is 0.136. The lowest BCUT2D eigenvalue weighted by atomic mass is 9.84. The van der Waals surface area contributed by atoms with Crippen LogP contribution in [0.1, 0.15) is 23.1 Å². The van der Waals surface area contributed by atoms with Crippen LogP contribution in [-0.2, 0) is 20.3 Å². The van der Waals surface area contributed by atoms with E-state index in [9.17, 15) is 9.00 Å². The smallest absolute Gasteiger partial charge is 0.304 e. The summed E-state index contributed by atoms with van der Waals surface area (Å²) in [7, 11) is -1.47. The number of rotatable bonds is 7. The highest BCUT2D eigenvalue weighted by molar-refractivity contribution is 7.86. The number of hydrogen-bond acceptors (Lipinski definition) is 2. The van der Waals surface area contributed by atoms with Gasteiger partial charge in [0.05, 0.1) is 6.42 Å². The second-order valence-corrected chi connectivity index (χ2v) is 7.68. The fourth-order valence-electron chi connectivity index (χ4n) is 3.25. The lowest BCUT2D eigenvalue weighted by Crippen LogP contribution is -2.36. The van der Waals surface area contributed by atoms with Crippen LogP contribution in [0.4, 0.5) is 0 Å². The number of aliphatic carboxylic acids is 1. The predicted molar refractivity (Wildman–Crippen MR) is 104 cm³/mol. The maximum Gasteiger partial charge on any atom is 0.304 e. The van der Waals surface area contributed by atoms with Crippen LogP contribution in [0.15, 0.2) is 91.0 Å². The van der Waals surface area contributed by atoms with E-state index < -0.39 is 21.5 Å². The first-order chi connectivity index (χ1) is 12.7. The van der Waals surface area contributed by atoms with E-state index in [4.69, 9.17) is 5.11 Å². The van der Waals surface area contributed by atoms with Gasteiger partial charge in [0.25, 0.3) is 0 Å². The Bertz CT molecular complexity index is 780. The molecule has 0 fully saturated rings.